The topological polar surface area (TPSA) is 79.4 Å². The van der Waals surface area contributed by atoms with Gasteiger partial charge in [0.05, 0.1) is 11.8 Å². The highest BCUT2D eigenvalue weighted by atomic mass is 16.2. The predicted molar refractivity (Wildman–Crippen MR) is 79.7 cm³/mol. The fourth-order valence-corrected chi connectivity index (χ4v) is 3.32. The Bertz CT molecular complexity index is 564. The van der Waals surface area contributed by atoms with E-state index < -0.39 is 0 Å². The third-order valence-electron chi connectivity index (χ3n) is 4.46. The van der Waals surface area contributed by atoms with Crippen molar-refractivity contribution in [3.05, 3.63) is 24.5 Å². The largest absolute Gasteiger partial charge is 0.326 e. The molecule has 6 nitrogen and oxygen atoms in total. The first-order valence-corrected chi connectivity index (χ1v) is 7.72. The number of aromatic nitrogens is 1. The molecule has 2 aliphatic rings. The molecule has 116 valence electrons. The van der Waals surface area contributed by atoms with Crippen molar-refractivity contribution in [2.45, 2.75) is 32.1 Å². The lowest BCUT2D eigenvalue weighted by molar-refractivity contribution is -0.140. The summed E-state index contributed by atoms with van der Waals surface area (Å²) in [5.74, 6) is -0.687. The second-order valence-electron chi connectivity index (χ2n) is 5.86. The van der Waals surface area contributed by atoms with E-state index >= 15 is 0 Å². The van der Waals surface area contributed by atoms with Crippen LogP contribution in [0.25, 0.3) is 0 Å². The normalized spacial score (nSPS) is 24.3. The number of fused-ring (bicyclic) bond motifs is 1. The molecule has 3 amide bonds. The predicted octanol–water partition coefficient (Wildman–Crippen LogP) is 1.59. The van der Waals surface area contributed by atoms with Gasteiger partial charge in [-0.3, -0.25) is 24.3 Å². The Morgan fingerprint density at radius 2 is 1.73 bits per heavy atom. The molecule has 1 aliphatic carbocycles. The number of pyridine rings is 1. The van der Waals surface area contributed by atoms with Crippen molar-refractivity contribution in [1.29, 1.82) is 0 Å². The molecular formula is C16H19N3O3. The van der Waals surface area contributed by atoms with Crippen LogP contribution in [0.1, 0.15) is 32.1 Å². The first kappa shape index (κ1) is 14.7. The van der Waals surface area contributed by atoms with Gasteiger partial charge in [-0.2, -0.15) is 0 Å². The van der Waals surface area contributed by atoms with Gasteiger partial charge in [-0.05, 0) is 25.0 Å². The Balaban J connectivity index is 1.56. The molecule has 22 heavy (non-hydrogen) atoms. The van der Waals surface area contributed by atoms with Crippen LogP contribution in [0.2, 0.25) is 0 Å². The SMILES string of the molecule is O=C(CCN1C(=O)[C@H]2CCCC[C@@H]2C1=O)Nc1ccncc1. The zero-order valence-electron chi connectivity index (χ0n) is 12.3. The molecule has 0 spiro atoms. The van der Waals surface area contributed by atoms with Crippen molar-refractivity contribution in [2.75, 3.05) is 11.9 Å². The van der Waals surface area contributed by atoms with Crippen LogP contribution in [0.4, 0.5) is 5.69 Å². The lowest BCUT2D eigenvalue weighted by atomic mass is 9.81. The first-order valence-electron chi connectivity index (χ1n) is 7.72. The highest BCUT2D eigenvalue weighted by Crippen LogP contribution is 2.37. The van der Waals surface area contributed by atoms with Gasteiger partial charge in [0.15, 0.2) is 0 Å². The van der Waals surface area contributed by atoms with E-state index in [1.54, 1.807) is 24.5 Å². The van der Waals surface area contributed by atoms with Gasteiger partial charge in [-0.15, -0.1) is 0 Å². The fraction of sp³-hybridized carbons (Fsp3) is 0.500. The van der Waals surface area contributed by atoms with Crippen LogP contribution in [0.5, 0.6) is 0 Å². The highest BCUT2D eigenvalue weighted by molar-refractivity contribution is 6.05. The number of imide groups is 1. The first-order chi connectivity index (χ1) is 10.7. The lowest BCUT2D eigenvalue weighted by Gasteiger charge is -2.19. The van der Waals surface area contributed by atoms with Gasteiger partial charge in [-0.25, -0.2) is 0 Å². The standard InChI is InChI=1S/C16H19N3O3/c20-14(18-11-5-8-17-9-6-11)7-10-19-15(21)12-3-1-2-4-13(12)16(19)22/h5-6,8-9,12-13H,1-4,7,10H2,(H,17,18,20)/t12-,13-/m0/s1. The minimum atomic E-state index is -0.207. The maximum Gasteiger partial charge on any atom is 0.233 e. The van der Waals surface area contributed by atoms with Crippen molar-refractivity contribution in [3.63, 3.8) is 0 Å². The molecule has 0 aromatic carbocycles. The Kier molecular flexibility index (Phi) is 4.18. The van der Waals surface area contributed by atoms with Crippen LogP contribution in [0.3, 0.4) is 0 Å². The van der Waals surface area contributed by atoms with Crippen molar-refractivity contribution in [1.82, 2.24) is 9.88 Å². The van der Waals surface area contributed by atoms with Crippen LogP contribution in [0.15, 0.2) is 24.5 Å². The Hall–Kier alpha value is -2.24. The van der Waals surface area contributed by atoms with Crippen LogP contribution in [0, 0.1) is 11.8 Å². The van der Waals surface area contributed by atoms with Crippen LogP contribution in [-0.4, -0.2) is 34.2 Å². The third-order valence-corrected chi connectivity index (χ3v) is 4.46. The minimum Gasteiger partial charge on any atom is -0.326 e. The lowest BCUT2D eigenvalue weighted by Crippen LogP contribution is -2.34. The van der Waals surface area contributed by atoms with Crippen molar-refractivity contribution in [3.8, 4) is 0 Å². The van der Waals surface area contributed by atoms with E-state index in [-0.39, 0.29) is 42.5 Å². The van der Waals surface area contributed by atoms with E-state index in [0.717, 1.165) is 25.7 Å². The summed E-state index contributed by atoms with van der Waals surface area (Å²) in [5, 5.41) is 2.73. The highest BCUT2D eigenvalue weighted by Gasteiger charge is 2.47. The number of amides is 3. The second-order valence-corrected chi connectivity index (χ2v) is 5.86. The molecule has 1 saturated carbocycles. The summed E-state index contributed by atoms with van der Waals surface area (Å²) < 4.78 is 0. The van der Waals surface area contributed by atoms with E-state index in [4.69, 9.17) is 0 Å². The maximum atomic E-state index is 12.3. The fourth-order valence-electron chi connectivity index (χ4n) is 3.32. The smallest absolute Gasteiger partial charge is 0.233 e. The Morgan fingerprint density at radius 1 is 1.14 bits per heavy atom. The quantitative estimate of drug-likeness (QED) is 0.856. The third kappa shape index (κ3) is 2.86. The molecule has 2 fully saturated rings. The Labute approximate surface area is 128 Å². The number of rotatable bonds is 4. The summed E-state index contributed by atoms with van der Waals surface area (Å²) >= 11 is 0. The molecule has 1 saturated heterocycles. The Morgan fingerprint density at radius 3 is 2.32 bits per heavy atom. The van der Waals surface area contributed by atoms with Gasteiger partial charge in [0, 0.05) is 31.0 Å². The van der Waals surface area contributed by atoms with Gasteiger partial charge in [-0.1, -0.05) is 12.8 Å². The molecule has 2 atom stereocenters. The van der Waals surface area contributed by atoms with Crippen molar-refractivity contribution >= 4 is 23.4 Å². The number of anilines is 1. The number of carbonyl (C=O) groups excluding carboxylic acids is 3. The number of nitrogens with zero attached hydrogens (tertiary/aromatic N) is 2. The molecule has 1 aliphatic heterocycles. The van der Waals surface area contributed by atoms with E-state index in [0.29, 0.717) is 5.69 Å². The minimum absolute atomic E-state index is 0.0913. The molecule has 6 heteroatoms. The molecule has 3 rings (SSSR count). The number of hydrogen-bond donors (Lipinski definition) is 1. The summed E-state index contributed by atoms with van der Waals surface area (Å²) in [6.07, 6.45) is 6.93. The molecule has 1 N–H and O–H groups in total. The molecule has 1 aromatic heterocycles. The molecular weight excluding hydrogens is 282 g/mol. The van der Waals surface area contributed by atoms with Gasteiger partial charge in [0.1, 0.15) is 0 Å². The van der Waals surface area contributed by atoms with E-state index in [2.05, 4.69) is 10.3 Å². The van der Waals surface area contributed by atoms with Crippen LogP contribution in [-0.2, 0) is 14.4 Å². The zero-order chi connectivity index (χ0) is 15.5. The molecule has 1 aromatic rings. The van der Waals surface area contributed by atoms with Gasteiger partial charge < -0.3 is 5.32 Å². The summed E-state index contributed by atoms with van der Waals surface area (Å²) in [7, 11) is 0. The van der Waals surface area contributed by atoms with Gasteiger partial charge >= 0.3 is 0 Å². The average molecular weight is 301 g/mol. The number of likely N-dealkylation sites (tertiary alicyclic amines) is 1. The zero-order valence-corrected chi connectivity index (χ0v) is 12.3. The van der Waals surface area contributed by atoms with E-state index in [9.17, 15) is 14.4 Å². The van der Waals surface area contributed by atoms with Gasteiger partial charge in [0.2, 0.25) is 17.7 Å². The average Bonchev–Trinajstić information content (AvgIpc) is 2.78. The van der Waals surface area contributed by atoms with Gasteiger partial charge in [0.25, 0.3) is 0 Å². The molecule has 0 bridgehead atoms. The second kappa shape index (κ2) is 6.25. The summed E-state index contributed by atoms with van der Waals surface area (Å²) in [4.78, 5) is 41.6. The summed E-state index contributed by atoms with van der Waals surface area (Å²) in [6, 6.07) is 3.39. The summed E-state index contributed by atoms with van der Waals surface area (Å²) in [6.45, 7) is 0.168. The molecule has 0 unspecified atom stereocenters. The number of hydrogen-bond acceptors (Lipinski definition) is 4. The molecule has 2 heterocycles. The molecule has 0 radical (unpaired) electrons. The van der Waals surface area contributed by atoms with E-state index in [1.807, 2.05) is 0 Å². The number of nitrogens with one attached hydrogen (secondary N) is 1. The monoisotopic (exact) mass is 301 g/mol. The summed E-state index contributed by atoms with van der Waals surface area (Å²) in [5.41, 5.74) is 0.660. The van der Waals surface area contributed by atoms with Crippen molar-refractivity contribution < 1.29 is 14.4 Å². The van der Waals surface area contributed by atoms with E-state index in [1.165, 1.54) is 4.90 Å². The maximum absolute atomic E-state index is 12.3. The van der Waals surface area contributed by atoms with Crippen molar-refractivity contribution in [2.24, 2.45) is 11.8 Å². The van der Waals surface area contributed by atoms with Crippen LogP contribution >= 0.6 is 0 Å². The van der Waals surface area contributed by atoms with Crippen LogP contribution < -0.4 is 5.32 Å². The number of carbonyl (C=O) groups is 3.